The maximum Gasteiger partial charge on any atom is 0.255 e. The summed E-state index contributed by atoms with van der Waals surface area (Å²) in [5.74, 6) is -0.795. The molecule has 1 aromatic heterocycles. The number of carbonyl (C=O) groups excluding carboxylic acids is 1. The number of nitrogens with one attached hydrogen (secondary N) is 1. The van der Waals surface area contributed by atoms with Crippen LogP contribution in [0.5, 0.6) is 0 Å². The van der Waals surface area contributed by atoms with Crippen LogP contribution in [0.2, 0.25) is 0 Å². The molecule has 0 aliphatic carbocycles. The zero-order chi connectivity index (χ0) is 24.1. The van der Waals surface area contributed by atoms with E-state index in [1.165, 1.54) is 16.8 Å². The summed E-state index contributed by atoms with van der Waals surface area (Å²) in [5.41, 5.74) is 3.29. The summed E-state index contributed by atoms with van der Waals surface area (Å²) >= 11 is 0. The predicted molar refractivity (Wildman–Crippen MR) is 129 cm³/mol. The van der Waals surface area contributed by atoms with Crippen molar-refractivity contribution in [3.8, 4) is 16.9 Å². The molecular formula is C26H24FN3O3S. The van der Waals surface area contributed by atoms with Crippen molar-refractivity contribution in [3.05, 3.63) is 102 Å². The average molecular weight is 478 g/mol. The summed E-state index contributed by atoms with van der Waals surface area (Å²) in [5, 5.41) is 7.38. The summed E-state index contributed by atoms with van der Waals surface area (Å²) in [6, 6.07) is 21.7. The largest absolute Gasteiger partial charge is 0.352 e. The first kappa shape index (κ1) is 23.4. The van der Waals surface area contributed by atoms with Crippen molar-refractivity contribution in [1.29, 1.82) is 0 Å². The summed E-state index contributed by atoms with van der Waals surface area (Å²) in [6.45, 7) is 2.16. The van der Waals surface area contributed by atoms with E-state index in [-0.39, 0.29) is 35.3 Å². The van der Waals surface area contributed by atoms with Gasteiger partial charge < -0.3 is 5.32 Å². The predicted octanol–water partition coefficient (Wildman–Crippen LogP) is 4.58. The van der Waals surface area contributed by atoms with Crippen molar-refractivity contribution in [3.63, 3.8) is 0 Å². The lowest BCUT2D eigenvalue weighted by molar-refractivity contribution is 0.0954. The van der Waals surface area contributed by atoms with E-state index in [0.29, 0.717) is 16.9 Å². The van der Waals surface area contributed by atoms with Crippen molar-refractivity contribution in [2.45, 2.75) is 18.2 Å². The van der Waals surface area contributed by atoms with E-state index >= 15 is 0 Å². The van der Waals surface area contributed by atoms with Crippen molar-refractivity contribution < 1.29 is 17.6 Å². The van der Waals surface area contributed by atoms with Crippen molar-refractivity contribution in [2.75, 3.05) is 12.3 Å². The van der Waals surface area contributed by atoms with Gasteiger partial charge in [0, 0.05) is 18.3 Å². The molecule has 1 amide bonds. The van der Waals surface area contributed by atoms with Gasteiger partial charge in [-0.1, -0.05) is 48.0 Å². The minimum Gasteiger partial charge on any atom is -0.352 e. The zero-order valence-electron chi connectivity index (χ0n) is 18.6. The van der Waals surface area contributed by atoms with Crippen molar-refractivity contribution >= 4 is 15.7 Å². The molecule has 0 fully saturated rings. The minimum atomic E-state index is -3.41. The summed E-state index contributed by atoms with van der Waals surface area (Å²) in [6.07, 6.45) is 1.87. The highest BCUT2D eigenvalue weighted by molar-refractivity contribution is 7.91. The second-order valence-corrected chi connectivity index (χ2v) is 10.0. The molecule has 6 nitrogen and oxygen atoms in total. The molecule has 0 unspecified atom stereocenters. The number of benzene rings is 3. The number of aromatic nitrogens is 2. The third-order valence-electron chi connectivity index (χ3n) is 5.35. The number of amides is 1. The van der Waals surface area contributed by atoms with Crippen molar-refractivity contribution in [2.24, 2.45) is 0 Å². The highest BCUT2D eigenvalue weighted by atomic mass is 32.2. The molecule has 0 radical (unpaired) electrons. The van der Waals surface area contributed by atoms with Crippen LogP contribution in [0.3, 0.4) is 0 Å². The molecule has 174 valence electrons. The molecule has 4 rings (SSSR count). The number of hydrogen-bond donors (Lipinski definition) is 1. The second kappa shape index (κ2) is 10.0. The number of nitrogens with zero attached hydrogens (tertiary/aromatic N) is 2. The normalized spacial score (nSPS) is 11.4. The van der Waals surface area contributed by atoms with Crippen LogP contribution in [0.25, 0.3) is 16.9 Å². The van der Waals surface area contributed by atoms with Crippen LogP contribution in [0, 0.1) is 12.7 Å². The van der Waals surface area contributed by atoms with Crippen LogP contribution in [-0.2, 0) is 9.84 Å². The molecule has 0 saturated heterocycles. The third-order valence-corrected chi connectivity index (χ3v) is 7.17. The maximum absolute atomic E-state index is 13.3. The Kier molecular flexibility index (Phi) is 6.88. The molecule has 3 aromatic carbocycles. The first-order valence-corrected chi connectivity index (χ1v) is 12.5. The molecule has 1 heterocycles. The molecule has 0 aliphatic rings. The molecule has 0 atom stereocenters. The highest BCUT2D eigenvalue weighted by Crippen LogP contribution is 2.24. The summed E-state index contributed by atoms with van der Waals surface area (Å²) < 4.78 is 39.8. The number of carbonyl (C=O) groups is 1. The standard InChI is InChI=1S/C26H24FN3O3S/c1-19-8-10-20(11-9-19)25-24(18-30(29-25)22-14-12-21(27)13-15-22)26(31)28-16-5-17-34(32,33)23-6-3-2-4-7-23/h2-4,6-15,18H,5,16-17H2,1H3,(H,28,31). The van der Waals surface area contributed by atoms with Gasteiger partial charge in [-0.2, -0.15) is 5.10 Å². The van der Waals surface area contributed by atoms with Crippen LogP contribution in [0.15, 0.2) is 90.0 Å². The summed E-state index contributed by atoms with van der Waals surface area (Å²) in [7, 11) is -3.41. The van der Waals surface area contributed by atoms with Crippen LogP contribution in [0.1, 0.15) is 22.3 Å². The van der Waals surface area contributed by atoms with Crippen molar-refractivity contribution in [1.82, 2.24) is 15.1 Å². The molecule has 8 heteroatoms. The average Bonchev–Trinajstić information content (AvgIpc) is 3.29. The van der Waals surface area contributed by atoms with Crippen LogP contribution in [-0.4, -0.2) is 36.4 Å². The Bertz CT molecular complexity index is 1380. The molecule has 34 heavy (non-hydrogen) atoms. The number of aryl methyl sites for hydroxylation is 1. The lowest BCUT2D eigenvalue weighted by Crippen LogP contribution is -2.26. The van der Waals surface area contributed by atoms with Crippen LogP contribution < -0.4 is 5.32 Å². The fraction of sp³-hybridized carbons (Fsp3) is 0.154. The summed E-state index contributed by atoms with van der Waals surface area (Å²) in [4.78, 5) is 13.3. The fourth-order valence-corrected chi connectivity index (χ4v) is 4.83. The molecule has 4 aromatic rings. The number of halogens is 1. The van der Waals surface area contributed by atoms with E-state index in [9.17, 15) is 17.6 Å². The lowest BCUT2D eigenvalue weighted by atomic mass is 10.1. The fourth-order valence-electron chi connectivity index (χ4n) is 3.50. The lowest BCUT2D eigenvalue weighted by Gasteiger charge is -2.07. The first-order chi connectivity index (χ1) is 16.3. The highest BCUT2D eigenvalue weighted by Gasteiger charge is 2.19. The number of rotatable bonds is 8. The molecule has 1 N–H and O–H groups in total. The van der Waals surface area contributed by atoms with Gasteiger partial charge >= 0.3 is 0 Å². The molecule has 0 spiro atoms. The SMILES string of the molecule is Cc1ccc(-c2nn(-c3ccc(F)cc3)cc2C(=O)NCCCS(=O)(=O)c2ccccc2)cc1. The number of sulfone groups is 1. The Balaban J connectivity index is 1.51. The van der Waals surface area contributed by atoms with Gasteiger partial charge in [-0.15, -0.1) is 0 Å². The van der Waals surface area contributed by atoms with E-state index < -0.39 is 9.84 Å². The Hall–Kier alpha value is -3.78. The topological polar surface area (TPSA) is 81.1 Å². The molecule has 0 saturated carbocycles. The van der Waals surface area contributed by atoms with Gasteiger partial charge in [-0.25, -0.2) is 17.5 Å². The Morgan fingerprint density at radius 2 is 1.65 bits per heavy atom. The van der Waals surface area contributed by atoms with Gasteiger partial charge in [0.2, 0.25) is 0 Å². The maximum atomic E-state index is 13.3. The van der Waals surface area contributed by atoms with Crippen LogP contribution in [0.4, 0.5) is 4.39 Å². The van der Waals surface area contributed by atoms with Gasteiger partial charge in [0.05, 0.1) is 21.9 Å². The Morgan fingerprint density at radius 3 is 2.32 bits per heavy atom. The Morgan fingerprint density at radius 1 is 0.971 bits per heavy atom. The van der Waals surface area contributed by atoms with Gasteiger partial charge in [-0.05, 0) is 49.7 Å². The van der Waals surface area contributed by atoms with E-state index in [0.717, 1.165) is 11.1 Å². The van der Waals surface area contributed by atoms with Gasteiger partial charge in [0.25, 0.3) is 5.91 Å². The second-order valence-electron chi connectivity index (χ2n) is 7.92. The first-order valence-electron chi connectivity index (χ1n) is 10.8. The quantitative estimate of drug-likeness (QED) is 0.377. The minimum absolute atomic E-state index is 0.0725. The van der Waals surface area contributed by atoms with E-state index in [1.807, 2.05) is 31.2 Å². The third kappa shape index (κ3) is 5.40. The van der Waals surface area contributed by atoms with E-state index in [1.54, 1.807) is 48.7 Å². The zero-order valence-corrected chi connectivity index (χ0v) is 19.4. The number of hydrogen-bond acceptors (Lipinski definition) is 4. The van der Waals surface area contributed by atoms with E-state index in [4.69, 9.17) is 0 Å². The monoisotopic (exact) mass is 477 g/mol. The van der Waals surface area contributed by atoms with Gasteiger partial charge in [-0.3, -0.25) is 4.79 Å². The van der Waals surface area contributed by atoms with Crippen LogP contribution >= 0.6 is 0 Å². The molecule has 0 aliphatic heterocycles. The molecular weight excluding hydrogens is 453 g/mol. The molecule has 0 bridgehead atoms. The van der Waals surface area contributed by atoms with Gasteiger partial charge in [0.15, 0.2) is 9.84 Å². The van der Waals surface area contributed by atoms with Gasteiger partial charge in [0.1, 0.15) is 11.5 Å². The smallest absolute Gasteiger partial charge is 0.255 e. The Labute approximate surface area is 198 Å². The van der Waals surface area contributed by atoms with E-state index in [2.05, 4.69) is 10.4 Å².